The largest absolute Gasteiger partial charge is 0.479 e. The summed E-state index contributed by atoms with van der Waals surface area (Å²) in [6.07, 6.45) is -3.37. The van der Waals surface area contributed by atoms with E-state index < -0.39 is 56.5 Å². The number of imidazole rings is 1. The summed E-state index contributed by atoms with van der Waals surface area (Å²) in [5.74, 6) is -4.72. The fourth-order valence-electron chi connectivity index (χ4n) is 3.49. The van der Waals surface area contributed by atoms with Crippen molar-refractivity contribution in [3.8, 4) is 0 Å². The van der Waals surface area contributed by atoms with Crippen molar-refractivity contribution in [2.45, 2.75) is 30.4 Å². The van der Waals surface area contributed by atoms with Crippen LogP contribution < -0.4 is 5.32 Å². The highest BCUT2D eigenvalue weighted by Crippen LogP contribution is 2.42. The summed E-state index contributed by atoms with van der Waals surface area (Å²) in [5, 5.41) is 32.4. The van der Waals surface area contributed by atoms with E-state index in [-0.39, 0.29) is 17.0 Å². The number of nitrogens with one attached hydrogen (secondary N) is 1. The molecule has 1 aromatic carbocycles. The lowest BCUT2D eigenvalue weighted by atomic mass is 10.1. The number of carbonyl (C=O) groups is 2. The van der Waals surface area contributed by atoms with Crippen LogP contribution in [0.2, 0.25) is 0 Å². The number of rotatable bonds is 8. The first kappa shape index (κ1) is 24.8. The van der Waals surface area contributed by atoms with Gasteiger partial charge in [-0.1, -0.05) is 18.2 Å². The minimum absolute atomic E-state index is 0.0847. The minimum atomic E-state index is -5.15. The van der Waals surface area contributed by atoms with Crippen LogP contribution in [0.3, 0.4) is 0 Å². The van der Waals surface area contributed by atoms with Crippen molar-refractivity contribution in [2.75, 3.05) is 11.9 Å². The Labute approximate surface area is 196 Å². The number of aromatic nitrogens is 4. The van der Waals surface area contributed by atoms with Crippen LogP contribution in [0.4, 0.5) is 5.82 Å². The predicted molar refractivity (Wildman–Crippen MR) is 115 cm³/mol. The van der Waals surface area contributed by atoms with Crippen LogP contribution >= 0.6 is 7.60 Å². The second kappa shape index (κ2) is 9.75. The SMILES string of the molecule is O=C(Nc1ncnc2c1ncn2C1OC(COC(C(=O)O)P(=O)(O)O)C(O)C1O)c1ccccc1. The Kier molecular flexibility index (Phi) is 6.91. The summed E-state index contributed by atoms with van der Waals surface area (Å²) >= 11 is 0. The van der Waals surface area contributed by atoms with Crippen LogP contribution in [0, 0.1) is 0 Å². The number of aliphatic hydroxyl groups excluding tert-OH is 2. The number of carboxylic acids is 1. The molecule has 1 fully saturated rings. The zero-order valence-electron chi connectivity index (χ0n) is 17.6. The fraction of sp³-hybridized carbons (Fsp3) is 0.316. The first-order valence-corrected chi connectivity index (χ1v) is 11.7. The van der Waals surface area contributed by atoms with Gasteiger partial charge in [0.15, 0.2) is 23.2 Å². The highest BCUT2D eigenvalue weighted by molar-refractivity contribution is 7.53. The van der Waals surface area contributed by atoms with Gasteiger partial charge in [-0.05, 0) is 12.1 Å². The van der Waals surface area contributed by atoms with Crippen molar-refractivity contribution in [1.29, 1.82) is 0 Å². The third-order valence-electron chi connectivity index (χ3n) is 5.17. The number of carbonyl (C=O) groups excluding carboxylic acids is 1. The molecule has 5 atom stereocenters. The molecule has 1 amide bonds. The molecule has 1 saturated heterocycles. The van der Waals surface area contributed by atoms with E-state index >= 15 is 0 Å². The molecule has 15 nitrogen and oxygen atoms in total. The lowest BCUT2D eigenvalue weighted by Crippen LogP contribution is -2.36. The van der Waals surface area contributed by atoms with E-state index in [1.54, 1.807) is 30.3 Å². The van der Waals surface area contributed by atoms with Gasteiger partial charge in [0.05, 0.1) is 12.9 Å². The molecular weight excluding hydrogens is 489 g/mol. The maximum Gasteiger partial charge on any atom is 0.365 e. The standard InChI is InChI=1S/C19H20N5O10P/c25-12-10(6-33-19(18(28)29)35(30,31)32)34-17(13(12)26)24-8-22-11-14(20-7-21-15(11)24)23-16(27)9-4-2-1-3-5-9/h1-5,7-8,10,12-13,17,19,25-26H,6H2,(H,28,29)(H2,30,31,32)(H,20,21,23,27). The molecule has 5 unspecified atom stereocenters. The van der Waals surface area contributed by atoms with Crippen molar-refractivity contribution in [3.05, 3.63) is 48.5 Å². The molecule has 35 heavy (non-hydrogen) atoms. The normalized spacial score (nSPS) is 23.3. The monoisotopic (exact) mass is 509 g/mol. The Bertz CT molecular complexity index is 1280. The molecule has 0 bridgehead atoms. The summed E-state index contributed by atoms with van der Waals surface area (Å²) < 4.78 is 22.9. The van der Waals surface area contributed by atoms with Gasteiger partial charge in [0, 0.05) is 5.56 Å². The molecule has 2 aromatic heterocycles. The van der Waals surface area contributed by atoms with Gasteiger partial charge in [-0.2, -0.15) is 0 Å². The van der Waals surface area contributed by atoms with Crippen molar-refractivity contribution in [1.82, 2.24) is 19.5 Å². The van der Waals surface area contributed by atoms with Gasteiger partial charge < -0.3 is 39.9 Å². The van der Waals surface area contributed by atoms with Crippen LogP contribution in [0.5, 0.6) is 0 Å². The molecule has 6 N–H and O–H groups in total. The lowest BCUT2D eigenvalue weighted by Gasteiger charge is -2.19. The molecule has 1 aliphatic heterocycles. The Hall–Kier alpha value is -3.30. The quantitative estimate of drug-likeness (QED) is 0.207. The predicted octanol–water partition coefficient (Wildman–Crippen LogP) is -0.697. The van der Waals surface area contributed by atoms with Crippen molar-refractivity contribution in [2.24, 2.45) is 0 Å². The Morgan fingerprint density at radius 3 is 2.51 bits per heavy atom. The molecule has 3 aromatic rings. The lowest BCUT2D eigenvalue weighted by molar-refractivity contribution is -0.149. The van der Waals surface area contributed by atoms with Gasteiger partial charge >= 0.3 is 13.6 Å². The number of anilines is 1. The van der Waals surface area contributed by atoms with Gasteiger partial charge in [-0.3, -0.25) is 13.9 Å². The van der Waals surface area contributed by atoms with E-state index in [0.29, 0.717) is 5.56 Å². The maximum absolute atomic E-state index is 12.5. The second-order valence-corrected chi connectivity index (χ2v) is 9.17. The smallest absolute Gasteiger partial charge is 0.365 e. The maximum atomic E-state index is 12.5. The summed E-state index contributed by atoms with van der Waals surface area (Å²) in [4.78, 5) is 54.1. The molecule has 0 spiro atoms. The number of carboxylic acid groups (broad SMARTS) is 1. The average molecular weight is 509 g/mol. The van der Waals surface area contributed by atoms with Gasteiger partial charge in [0.1, 0.15) is 24.6 Å². The highest BCUT2D eigenvalue weighted by atomic mass is 31.2. The molecular formula is C19H20N5O10P. The van der Waals surface area contributed by atoms with Crippen molar-refractivity contribution >= 4 is 36.5 Å². The highest BCUT2D eigenvalue weighted by Gasteiger charge is 2.46. The third kappa shape index (κ3) is 5.06. The fourth-order valence-corrected chi connectivity index (χ4v) is 4.06. The van der Waals surface area contributed by atoms with Crippen LogP contribution in [0.15, 0.2) is 43.0 Å². The Morgan fingerprint density at radius 1 is 1.14 bits per heavy atom. The summed E-state index contributed by atoms with van der Waals surface area (Å²) in [6, 6.07) is 8.37. The average Bonchev–Trinajstić information content (AvgIpc) is 3.35. The van der Waals surface area contributed by atoms with Crippen LogP contribution in [0.1, 0.15) is 16.6 Å². The number of aliphatic carboxylic acids is 1. The molecule has 16 heteroatoms. The molecule has 4 rings (SSSR count). The van der Waals surface area contributed by atoms with Gasteiger partial charge in [0.2, 0.25) is 0 Å². The summed E-state index contributed by atoms with van der Waals surface area (Å²) in [5.41, 5.74) is 0.684. The van der Waals surface area contributed by atoms with Gasteiger partial charge in [-0.15, -0.1) is 0 Å². The summed E-state index contributed by atoms with van der Waals surface area (Å²) in [6.45, 7) is -0.739. The van der Waals surface area contributed by atoms with E-state index in [0.717, 1.165) is 6.33 Å². The number of hydrogen-bond acceptors (Lipinski definition) is 10. The van der Waals surface area contributed by atoms with E-state index in [1.165, 1.54) is 10.9 Å². The first-order valence-electron chi connectivity index (χ1n) is 10.0. The van der Waals surface area contributed by atoms with Crippen LogP contribution in [-0.4, -0.2) is 87.3 Å². The molecule has 0 aliphatic carbocycles. The van der Waals surface area contributed by atoms with Crippen LogP contribution in [-0.2, 0) is 18.8 Å². The topological polar surface area (TPSA) is 226 Å². The van der Waals surface area contributed by atoms with Gasteiger partial charge in [-0.25, -0.2) is 19.7 Å². The first-order chi connectivity index (χ1) is 16.6. The zero-order valence-corrected chi connectivity index (χ0v) is 18.5. The molecule has 3 heterocycles. The van der Waals surface area contributed by atoms with E-state index in [1.807, 2.05) is 0 Å². The number of nitrogens with zero attached hydrogens (tertiary/aromatic N) is 4. The second-order valence-electron chi connectivity index (χ2n) is 7.53. The van der Waals surface area contributed by atoms with Crippen molar-refractivity contribution in [3.63, 3.8) is 0 Å². The molecule has 0 saturated carbocycles. The van der Waals surface area contributed by atoms with Crippen molar-refractivity contribution < 1.29 is 48.7 Å². The van der Waals surface area contributed by atoms with Gasteiger partial charge in [0.25, 0.3) is 11.8 Å². The van der Waals surface area contributed by atoms with E-state index in [9.17, 15) is 24.4 Å². The number of hydrogen-bond donors (Lipinski definition) is 6. The Balaban J connectivity index is 1.53. The number of amides is 1. The molecule has 0 radical (unpaired) electrons. The number of aliphatic hydroxyl groups is 2. The summed E-state index contributed by atoms with van der Waals surface area (Å²) in [7, 11) is -5.15. The minimum Gasteiger partial charge on any atom is -0.479 e. The molecule has 186 valence electrons. The number of ether oxygens (including phenoxy) is 2. The number of benzene rings is 1. The van der Waals surface area contributed by atoms with E-state index in [2.05, 4.69) is 20.3 Å². The number of fused-ring (bicyclic) bond motifs is 1. The Morgan fingerprint density at radius 2 is 1.86 bits per heavy atom. The zero-order chi connectivity index (χ0) is 25.3. The molecule has 1 aliphatic rings. The van der Waals surface area contributed by atoms with E-state index in [4.69, 9.17) is 24.4 Å². The third-order valence-corrected chi connectivity index (χ3v) is 6.15. The van der Waals surface area contributed by atoms with Crippen LogP contribution in [0.25, 0.3) is 11.2 Å².